The molecule has 0 spiro atoms. The average Bonchev–Trinajstić information content (AvgIpc) is 3.05. The van der Waals surface area contributed by atoms with Crippen molar-refractivity contribution >= 4 is 28.8 Å². The van der Waals surface area contributed by atoms with Crippen molar-refractivity contribution in [2.24, 2.45) is 0 Å². The van der Waals surface area contributed by atoms with Crippen LogP contribution in [0.4, 0.5) is 5.69 Å². The second-order valence-electron chi connectivity index (χ2n) is 6.08. The summed E-state index contributed by atoms with van der Waals surface area (Å²) in [7, 11) is 0. The van der Waals surface area contributed by atoms with Crippen LogP contribution in [0.5, 0.6) is 0 Å². The number of aryl methyl sites for hydroxylation is 3. The van der Waals surface area contributed by atoms with Crippen molar-refractivity contribution in [3.8, 4) is 0 Å². The van der Waals surface area contributed by atoms with E-state index in [1.54, 1.807) is 4.90 Å². The standard InChI is InChI=1S/C18H20N2O2S/c1-11-8-12(2)10-14(9-11)20-6-4-15(18(20)22)19-17(21)16-13(3)5-7-23-16/h5,7-10,15H,4,6H2,1-3H3,(H,19,21). The highest BCUT2D eigenvalue weighted by molar-refractivity contribution is 7.12. The first-order valence-electron chi connectivity index (χ1n) is 7.70. The molecule has 1 aliphatic rings. The smallest absolute Gasteiger partial charge is 0.262 e. The number of rotatable bonds is 3. The molecule has 1 fully saturated rings. The van der Waals surface area contributed by atoms with E-state index in [-0.39, 0.29) is 11.8 Å². The van der Waals surface area contributed by atoms with E-state index in [4.69, 9.17) is 0 Å². The van der Waals surface area contributed by atoms with Gasteiger partial charge in [-0.3, -0.25) is 9.59 Å². The van der Waals surface area contributed by atoms with Gasteiger partial charge in [0.1, 0.15) is 6.04 Å². The van der Waals surface area contributed by atoms with Gasteiger partial charge in [0.05, 0.1) is 4.88 Å². The van der Waals surface area contributed by atoms with Crippen LogP contribution >= 0.6 is 11.3 Å². The number of nitrogens with one attached hydrogen (secondary N) is 1. The van der Waals surface area contributed by atoms with Crippen LogP contribution < -0.4 is 10.2 Å². The fourth-order valence-corrected chi connectivity index (χ4v) is 3.83. The maximum atomic E-state index is 12.6. The Morgan fingerprint density at radius 1 is 1.22 bits per heavy atom. The molecule has 1 saturated heterocycles. The molecule has 1 atom stereocenters. The van der Waals surface area contributed by atoms with E-state index < -0.39 is 6.04 Å². The zero-order valence-corrected chi connectivity index (χ0v) is 14.4. The van der Waals surface area contributed by atoms with Gasteiger partial charge in [0.15, 0.2) is 0 Å². The third-order valence-corrected chi connectivity index (χ3v) is 5.11. The van der Waals surface area contributed by atoms with Gasteiger partial charge in [0, 0.05) is 12.2 Å². The zero-order valence-electron chi connectivity index (χ0n) is 13.6. The lowest BCUT2D eigenvalue weighted by molar-refractivity contribution is -0.118. The van der Waals surface area contributed by atoms with Crippen molar-refractivity contribution in [1.29, 1.82) is 0 Å². The summed E-state index contributed by atoms with van der Waals surface area (Å²) in [5.74, 6) is -0.185. The van der Waals surface area contributed by atoms with Gasteiger partial charge < -0.3 is 10.2 Å². The van der Waals surface area contributed by atoms with Crippen LogP contribution in [0.25, 0.3) is 0 Å². The number of carbonyl (C=O) groups excluding carboxylic acids is 2. The summed E-state index contributed by atoms with van der Waals surface area (Å²) >= 11 is 1.41. The first-order chi connectivity index (χ1) is 11.0. The Labute approximate surface area is 140 Å². The highest BCUT2D eigenvalue weighted by Gasteiger charge is 2.34. The molecule has 4 nitrogen and oxygen atoms in total. The SMILES string of the molecule is Cc1cc(C)cc(N2CCC(NC(=O)c3sccc3C)C2=O)c1. The van der Waals surface area contributed by atoms with Crippen LogP contribution in [-0.2, 0) is 4.79 Å². The number of thiophene rings is 1. The van der Waals surface area contributed by atoms with Gasteiger partial charge in [-0.1, -0.05) is 6.07 Å². The Kier molecular flexibility index (Phi) is 4.22. The summed E-state index contributed by atoms with van der Waals surface area (Å²) in [4.78, 5) is 27.4. The lowest BCUT2D eigenvalue weighted by Crippen LogP contribution is -2.41. The minimum atomic E-state index is -0.440. The number of carbonyl (C=O) groups is 2. The third kappa shape index (κ3) is 3.15. The summed E-state index contributed by atoms with van der Waals surface area (Å²) in [5, 5.41) is 4.77. The molecule has 0 radical (unpaired) electrons. The normalized spacial score (nSPS) is 17.6. The number of nitrogens with zero attached hydrogens (tertiary/aromatic N) is 1. The number of amides is 2. The highest BCUT2D eigenvalue weighted by Crippen LogP contribution is 2.25. The zero-order chi connectivity index (χ0) is 16.6. The maximum absolute atomic E-state index is 12.6. The topological polar surface area (TPSA) is 49.4 Å². The Hall–Kier alpha value is -2.14. The molecule has 1 aromatic carbocycles. The van der Waals surface area contributed by atoms with Crippen LogP contribution in [0.3, 0.4) is 0 Å². The predicted molar refractivity (Wildman–Crippen MR) is 93.2 cm³/mol. The number of benzene rings is 1. The molecule has 1 aromatic heterocycles. The monoisotopic (exact) mass is 328 g/mol. The molecule has 1 N–H and O–H groups in total. The maximum Gasteiger partial charge on any atom is 0.262 e. The second-order valence-corrected chi connectivity index (χ2v) is 7.00. The minimum absolute atomic E-state index is 0.0300. The summed E-state index contributed by atoms with van der Waals surface area (Å²) in [6, 6.07) is 7.59. The Bertz CT molecular complexity index is 746. The van der Waals surface area contributed by atoms with Gasteiger partial charge in [-0.2, -0.15) is 0 Å². The summed E-state index contributed by atoms with van der Waals surface area (Å²) in [6.07, 6.45) is 0.641. The summed E-state index contributed by atoms with van der Waals surface area (Å²) in [6.45, 7) is 6.59. The Morgan fingerprint density at radius 3 is 2.52 bits per heavy atom. The number of hydrogen-bond acceptors (Lipinski definition) is 3. The molecule has 3 rings (SSSR count). The molecule has 1 aliphatic heterocycles. The van der Waals surface area contributed by atoms with Crippen molar-refractivity contribution in [3.63, 3.8) is 0 Å². The molecule has 0 saturated carbocycles. The fourth-order valence-electron chi connectivity index (χ4n) is 3.01. The first kappa shape index (κ1) is 15.7. The molecular formula is C18H20N2O2S. The quantitative estimate of drug-likeness (QED) is 0.940. The van der Waals surface area contributed by atoms with Gasteiger partial charge >= 0.3 is 0 Å². The van der Waals surface area contributed by atoms with Crippen LogP contribution in [-0.4, -0.2) is 24.4 Å². The van der Waals surface area contributed by atoms with E-state index in [9.17, 15) is 9.59 Å². The van der Waals surface area contributed by atoms with E-state index >= 15 is 0 Å². The molecular weight excluding hydrogens is 308 g/mol. The lowest BCUT2D eigenvalue weighted by Gasteiger charge is -2.18. The van der Waals surface area contributed by atoms with E-state index in [1.807, 2.05) is 44.4 Å². The van der Waals surface area contributed by atoms with Crippen molar-refractivity contribution < 1.29 is 9.59 Å². The Balaban J connectivity index is 1.74. The van der Waals surface area contributed by atoms with Crippen molar-refractivity contribution in [2.45, 2.75) is 33.2 Å². The first-order valence-corrected chi connectivity index (χ1v) is 8.58. The van der Waals surface area contributed by atoms with E-state index in [0.29, 0.717) is 17.8 Å². The summed E-state index contributed by atoms with van der Waals surface area (Å²) in [5.41, 5.74) is 4.13. The summed E-state index contributed by atoms with van der Waals surface area (Å²) < 4.78 is 0. The average molecular weight is 328 g/mol. The van der Waals surface area contributed by atoms with Crippen LogP contribution in [0.2, 0.25) is 0 Å². The molecule has 2 aromatic rings. The van der Waals surface area contributed by atoms with Crippen LogP contribution in [0.1, 0.15) is 32.8 Å². The third-order valence-electron chi connectivity index (χ3n) is 4.10. The van der Waals surface area contributed by atoms with E-state index in [0.717, 1.165) is 22.4 Å². The molecule has 5 heteroatoms. The largest absolute Gasteiger partial charge is 0.339 e. The van der Waals surface area contributed by atoms with E-state index in [1.165, 1.54) is 11.3 Å². The van der Waals surface area contributed by atoms with Gasteiger partial charge in [-0.05, 0) is 67.5 Å². The van der Waals surface area contributed by atoms with Crippen molar-refractivity contribution in [2.75, 3.05) is 11.4 Å². The van der Waals surface area contributed by atoms with E-state index in [2.05, 4.69) is 11.4 Å². The molecule has 2 amide bonds. The Morgan fingerprint density at radius 2 is 1.91 bits per heavy atom. The molecule has 120 valence electrons. The number of hydrogen-bond donors (Lipinski definition) is 1. The molecule has 0 aliphatic carbocycles. The van der Waals surface area contributed by atoms with Crippen LogP contribution in [0.15, 0.2) is 29.6 Å². The molecule has 23 heavy (non-hydrogen) atoms. The number of anilines is 1. The lowest BCUT2D eigenvalue weighted by atomic mass is 10.1. The molecule has 0 bridgehead atoms. The van der Waals surface area contributed by atoms with Crippen molar-refractivity contribution in [3.05, 3.63) is 51.2 Å². The second kappa shape index (κ2) is 6.16. The van der Waals surface area contributed by atoms with Crippen LogP contribution in [0, 0.1) is 20.8 Å². The van der Waals surface area contributed by atoms with Crippen molar-refractivity contribution in [1.82, 2.24) is 5.32 Å². The predicted octanol–water partition coefficient (Wildman–Crippen LogP) is 3.21. The van der Waals surface area contributed by atoms with Gasteiger partial charge in [-0.25, -0.2) is 0 Å². The van der Waals surface area contributed by atoms with Gasteiger partial charge in [-0.15, -0.1) is 11.3 Å². The fraction of sp³-hybridized carbons (Fsp3) is 0.333. The highest BCUT2D eigenvalue weighted by atomic mass is 32.1. The molecule has 2 heterocycles. The molecule has 1 unspecified atom stereocenters. The van der Waals surface area contributed by atoms with Gasteiger partial charge in [0.2, 0.25) is 5.91 Å². The van der Waals surface area contributed by atoms with Gasteiger partial charge in [0.25, 0.3) is 5.91 Å². The minimum Gasteiger partial charge on any atom is -0.339 e.